The maximum Gasteiger partial charge on any atom is 0.194 e. The zero-order valence-corrected chi connectivity index (χ0v) is 20.1. The quantitative estimate of drug-likeness (QED) is 0.267. The van der Waals surface area contributed by atoms with E-state index in [1.807, 2.05) is 17.9 Å². The maximum atomic E-state index is 5.47. The van der Waals surface area contributed by atoms with Crippen molar-refractivity contribution in [1.29, 1.82) is 0 Å². The number of benzene rings is 1. The summed E-state index contributed by atoms with van der Waals surface area (Å²) in [6.07, 6.45) is 6.97. The van der Waals surface area contributed by atoms with Crippen LogP contribution in [-0.4, -0.2) is 54.5 Å². The Morgan fingerprint density at radius 1 is 1.21 bits per heavy atom. The Morgan fingerprint density at radius 2 is 1.93 bits per heavy atom. The molecule has 29 heavy (non-hydrogen) atoms. The molecule has 1 aromatic heterocycles. The first-order chi connectivity index (χ1) is 13.6. The minimum Gasteiger partial charge on any atom is -0.493 e. The molecule has 1 aliphatic rings. The summed E-state index contributed by atoms with van der Waals surface area (Å²) in [5.74, 6) is 2.56. The highest BCUT2D eigenvalue weighted by atomic mass is 127. The predicted molar refractivity (Wildman–Crippen MR) is 127 cm³/mol. The number of aromatic nitrogens is 2. The van der Waals surface area contributed by atoms with Crippen molar-refractivity contribution in [2.24, 2.45) is 12.0 Å². The highest BCUT2D eigenvalue weighted by Gasteiger charge is 2.21. The van der Waals surface area contributed by atoms with Gasteiger partial charge < -0.3 is 19.7 Å². The number of hydrogen-bond donors (Lipinski definition) is 1. The average Bonchev–Trinajstić information content (AvgIpc) is 3.13. The molecule has 0 saturated heterocycles. The Kier molecular flexibility index (Phi) is 9.06. The summed E-state index contributed by atoms with van der Waals surface area (Å²) in [4.78, 5) is 7.18. The molecule has 3 rings (SSSR count). The van der Waals surface area contributed by atoms with Gasteiger partial charge in [0.1, 0.15) is 0 Å². The van der Waals surface area contributed by atoms with Crippen molar-refractivity contribution in [1.82, 2.24) is 20.0 Å². The van der Waals surface area contributed by atoms with E-state index in [-0.39, 0.29) is 24.0 Å². The van der Waals surface area contributed by atoms with E-state index in [0.29, 0.717) is 0 Å². The molecule has 2 heterocycles. The zero-order valence-electron chi connectivity index (χ0n) is 17.8. The molecule has 2 aromatic rings. The molecule has 0 radical (unpaired) electrons. The minimum atomic E-state index is 0. The Labute approximate surface area is 190 Å². The largest absolute Gasteiger partial charge is 0.493 e. The minimum absolute atomic E-state index is 0. The SMILES string of the molecule is CCNC(=NCCCc1cnn(C)c1)N1CCc2cc(OC)c(OC)cc2C1.I. The summed E-state index contributed by atoms with van der Waals surface area (Å²) < 4.78 is 12.8. The number of nitrogens with one attached hydrogen (secondary N) is 1. The Balaban J connectivity index is 0.00000300. The normalized spacial score (nSPS) is 13.5. The van der Waals surface area contributed by atoms with Crippen LogP contribution in [0.25, 0.3) is 0 Å². The molecule has 0 bridgehead atoms. The molecule has 7 nitrogen and oxygen atoms in total. The van der Waals surface area contributed by atoms with Crippen LogP contribution in [0.3, 0.4) is 0 Å². The smallest absolute Gasteiger partial charge is 0.194 e. The molecule has 0 aliphatic carbocycles. The van der Waals surface area contributed by atoms with Crippen molar-refractivity contribution < 1.29 is 9.47 Å². The third-order valence-electron chi connectivity index (χ3n) is 5.00. The van der Waals surface area contributed by atoms with Gasteiger partial charge >= 0.3 is 0 Å². The van der Waals surface area contributed by atoms with E-state index in [2.05, 4.69) is 40.6 Å². The second-order valence-electron chi connectivity index (χ2n) is 7.01. The van der Waals surface area contributed by atoms with Crippen LogP contribution in [0.4, 0.5) is 0 Å². The van der Waals surface area contributed by atoms with Crippen molar-refractivity contribution in [3.05, 3.63) is 41.2 Å². The molecule has 0 fully saturated rings. The number of rotatable bonds is 7. The second kappa shape index (κ2) is 11.3. The lowest BCUT2D eigenvalue weighted by molar-refractivity contribution is 0.346. The van der Waals surface area contributed by atoms with E-state index >= 15 is 0 Å². The van der Waals surface area contributed by atoms with E-state index in [1.165, 1.54) is 16.7 Å². The van der Waals surface area contributed by atoms with Gasteiger partial charge in [0, 0.05) is 39.4 Å². The Bertz CT molecular complexity index is 821. The van der Waals surface area contributed by atoms with E-state index in [0.717, 1.165) is 62.9 Å². The highest BCUT2D eigenvalue weighted by Crippen LogP contribution is 2.33. The first-order valence-electron chi connectivity index (χ1n) is 9.89. The summed E-state index contributed by atoms with van der Waals surface area (Å²) >= 11 is 0. The molecule has 0 unspecified atom stereocenters. The van der Waals surface area contributed by atoms with Gasteiger partial charge in [-0.2, -0.15) is 5.10 Å². The lowest BCUT2D eigenvalue weighted by atomic mass is 9.99. The van der Waals surface area contributed by atoms with E-state index in [4.69, 9.17) is 14.5 Å². The molecule has 8 heteroatoms. The molecule has 1 aliphatic heterocycles. The average molecular weight is 513 g/mol. The molecular weight excluding hydrogens is 481 g/mol. The lowest BCUT2D eigenvalue weighted by Gasteiger charge is -2.32. The van der Waals surface area contributed by atoms with Crippen LogP contribution in [0.15, 0.2) is 29.5 Å². The third-order valence-corrected chi connectivity index (χ3v) is 5.00. The number of ether oxygens (including phenoxy) is 2. The number of nitrogens with zero attached hydrogens (tertiary/aromatic N) is 4. The van der Waals surface area contributed by atoms with E-state index in [9.17, 15) is 0 Å². The van der Waals surface area contributed by atoms with Crippen LogP contribution >= 0.6 is 24.0 Å². The fourth-order valence-electron chi connectivity index (χ4n) is 3.56. The fraction of sp³-hybridized carbons (Fsp3) is 0.524. The first-order valence-corrected chi connectivity index (χ1v) is 9.89. The second-order valence-corrected chi connectivity index (χ2v) is 7.01. The van der Waals surface area contributed by atoms with Gasteiger partial charge in [0.15, 0.2) is 17.5 Å². The van der Waals surface area contributed by atoms with Crippen molar-refractivity contribution in [2.75, 3.05) is 33.9 Å². The summed E-state index contributed by atoms with van der Waals surface area (Å²) in [5, 5.41) is 7.66. The van der Waals surface area contributed by atoms with Crippen molar-refractivity contribution in [3.8, 4) is 11.5 Å². The molecule has 0 spiro atoms. The third kappa shape index (κ3) is 6.01. The van der Waals surface area contributed by atoms with E-state index < -0.39 is 0 Å². The number of fused-ring (bicyclic) bond motifs is 1. The van der Waals surface area contributed by atoms with Gasteiger partial charge in [0.25, 0.3) is 0 Å². The molecule has 160 valence electrons. The number of halogens is 1. The van der Waals surface area contributed by atoms with Gasteiger partial charge in [-0.25, -0.2) is 0 Å². The van der Waals surface area contributed by atoms with Crippen LogP contribution in [0, 0.1) is 0 Å². The monoisotopic (exact) mass is 513 g/mol. The summed E-state index contributed by atoms with van der Waals surface area (Å²) in [6.45, 7) is 5.53. The number of methoxy groups -OCH3 is 2. The van der Waals surface area contributed by atoms with Gasteiger partial charge in [-0.1, -0.05) is 0 Å². The standard InChI is InChI=1S/C21H31N5O2.HI/c1-5-22-21(23-9-6-7-16-13-24-25(2)14-16)26-10-8-17-11-19(27-3)20(28-4)12-18(17)15-26;/h11-14H,5-10,15H2,1-4H3,(H,22,23);1H. The summed E-state index contributed by atoms with van der Waals surface area (Å²) in [6, 6.07) is 4.19. The van der Waals surface area contributed by atoms with Gasteiger partial charge in [0.05, 0.1) is 20.4 Å². The van der Waals surface area contributed by atoms with Crippen molar-refractivity contribution >= 4 is 29.9 Å². The number of hydrogen-bond acceptors (Lipinski definition) is 4. The molecule has 0 saturated carbocycles. The first kappa shape index (κ1) is 23.3. The number of aryl methyl sites for hydroxylation is 2. The van der Waals surface area contributed by atoms with Gasteiger partial charge in [-0.15, -0.1) is 24.0 Å². The van der Waals surface area contributed by atoms with Crippen molar-refractivity contribution in [3.63, 3.8) is 0 Å². The molecule has 0 amide bonds. The van der Waals surface area contributed by atoms with Crippen LogP contribution in [0.1, 0.15) is 30.0 Å². The molecular formula is C21H32IN5O2. The van der Waals surface area contributed by atoms with Crippen molar-refractivity contribution in [2.45, 2.75) is 32.7 Å². The van der Waals surface area contributed by atoms with Gasteiger partial charge in [-0.05, 0) is 55.0 Å². The Morgan fingerprint density at radius 3 is 2.55 bits per heavy atom. The number of guanidine groups is 1. The number of aliphatic imine (C=N–C) groups is 1. The topological polar surface area (TPSA) is 63.9 Å². The Hall–Kier alpha value is -1.97. The highest BCUT2D eigenvalue weighted by molar-refractivity contribution is 14.0. The maximum absolute atomic E-state index is 5.47. The van der Waals surface area contributed by atoms with Gasteiger partial charge in [-0.3, -0.25) is 9.67 Å². The van der Waals surface area contributed by atoms with Crippen LogP contribution in [-0.2, 0) is 26.4 Å². The zero-order chi connectivity index (χ0) is 19.9. The van der Waals surface area contributed by atoms with Crippen LogP contribution in [0.2, 0.25) is 0 Å². The van der Waals surface area contributed by atoms with E-state index in [1.54, 1.807) is 14.2 Å². The fourth-order valence-corrected chi connectivity index (χ4v) is 3.56. The molecule has 1 aromatic carbocycles. The summed E-state index contributed by atoms with van der Waals surface area (Å²) in [5.41, 5.74) is 3.85. The van der Waals surface area contributed by atoms with Crippen LogP contribution < -0.4 is 14.8 Å². The molecule has 1 N–H and O–H groups in total. The van der Waals surface area contributed by atoms with Gasteiger partial charge in [0.2, 0.25) is 0 Å². The predicted octanol–water partition coefficient (Wildman–Crippen LogP) is 3.01. The van der Waals surface area contributed by atoms with Crippen LogP contribution in [0.5, 0.6) is 11.5 Å². The molecule has 0 atom stereocenters. The summed E-state index contributed by atoms with van der Waals surface area (Å²) in [7, 11) is 5.31. The lowest BCUT2D eigenvalue weighted by Crippen LogP contribution is -2.44.